The monoisotopic (exact) mass is 204 g/mol. The second-order valence-corrected chi connectivity index (χ2v) is 4.17. The van der Waals surface area contributed by atoms with Crippen LogP contribution in [0.3, 0.4) is 0 Å². The molecule has 1 unspecified atom stereocenters. The molecular weight excluding hydrogens is 184 g/mol. The summed E-state index contributed by atoms with van der Waals surface area (Å²) in [5, 5.41) is 12.1. The average Bonchev–Trinajstić information content (AvgIpc) is 1.99. The van der Waals surface area contributed by atoms with Crippen LogP contribution in [0.25, 0.3) is 0 Å². The average molecular weight is 204 g/mol. The molecule has 0 saturated heterocycles. The Balaban J connectivity index is 3.46. The summed E-state index contributed by atoms with van der Waals surface area (Å²) < 4.78 is 5.34. The SMILES string of the molecule is CC(C)(C)OCC(O)CNCC(N)=O. The summed E-state index contributed by atoms with van der Waals surface area (Å²) in [5.74, 6) is -0.436. The maximum atomic E-state index is 10.3. The zero-order valence-electron chi connectivity index (χ0n) is 9.04. The number of hydrogen-bond acceptors (Lipinski definition) is 4. The molecule has 14 heavy (non-hydrogen) atoms. The second-order valence-electron chi connectivity index (χ2n) is 4.17. The van der Waals surface area contributed by atoms with Crippen molar-refractivity contribution in [3.05, 3.63) is 0 Å². The van der Waals surface area contributed by atoms with E-state index in [4.69, 9.17) is 10.5 Å². The number of primary amides is 1. The molecule has 0 aliphatic rings. The molecule has 0 rings (SSSR count). The molecule has 0 fully saturated rings. The lowest BCUT2D eigenvalue weighted by Crippen LogP contribution is -2.37. The van der Waals surface area contributed by atoms with Crippen LogP contribution in [-0.2, 0) is 9.53 Å². The van der Waals surface area contributed by atoms with Gasteiger partial charge in [-0.2, -0.15) is 0 Å². The smallest absolute Gasteiger partial charge is 0.231 e. The molecule has 4 N–H and O–H groups in total. The summed E-state index contributed by atoms with van der Waals surface area (Å²) >= 11 is 0. The number of carbonyl (C=O) groups is 1. The zero-order valence-corrected chi connectivity index (χ0v) is 9.04. The van der Waals surface area contributed by atoms with Gasteiger partial charge in [-0.25, -0.2) is 0 Å². The molecule has 0 spiro atoms. The van der Waals surface area contributed by atoms with E-state index in [2.05, 4.69) is 5.32 Å². The molecule has 0 saturated carbocycles. The number of hydrogen-bond donors (Lipinski definition) is 3. The Morgan fingerprint density at radius 2 is 2.14 bits per heavy atom. The van der Waals surface area contributed by atoms with E-state index in [-0.39, 0.29) is 18.8 Å². The maximum absolute atomic E-state index is 10.3. The van der Waals surface area contributed by atoms with Gasteiger partial charge in [0.25, 0.3) is 0 Å². The Labute approximate surface area is 84.6 Å². The molecule has 5 heteroatoms. The third kappa shape index (κ3) is 9.44. The van der Waals surface area contributed by atoms with Gasteiger partial charge in [0.2, 0.25) is 5.91 Å². The first-order valence-corrected chi connectivity index (χ1v) is 4.62. The van der Waals surface area contributed by atoms with Gasteiger partial charge in [-0.15, -0.1) is 0 Å². The Hall–Kier alpha value is -0.650. The van der Waals surface area contributed by atoms with Crippen molar-refractivity contribution in [2.24, 2.45) is 5.73 Å². The number of carbonyl (C=O) groups excluding carboxylic acids is 1. The highest BCUT2D eigenvalue weighted by Gasteiger charge is 2.13. The van der Waals surface area contributed by atoms with Crippen LogP contribution in [0.4, 0.5) is 0 Å². The highest BCUT2D eigenvalue weighted by Crippen LogP contribution is 2.06. The summed E-state index contributed by atoms with van der Waals surface area (Å²) in [4.78, 5) is 10.3. The third-order valence-electron chi connectivity index (χ3n) is 1.39. The van der Waals surface area contributed by atoms with Crippen molar-refractivity contribution in [3.8, 4) is 0 Å². The van der Waals surface area contributed by atoms with Crippen molar-refractivity contribution in [1.82, 2.24) is 5.32 Å². The van der Waals surface area contributed by atoms with E-state index >= 15 is 0 Å². The summed E-state index contributed by atoms with van der Waals surface area (Å²) in [7, 11) is 0. The number of nitrogens with one attached hydrogen (secondary N) is 1. The predicted octanol–water partition coefficient (Wildman–Crippen LogP) is -0.763. The Kier molecular flexibility index (Phi) is 5.68. The predicted molar refractivity (Wildman–Crippen MR) is 53.8 cm³/mol. The number of nitrogens with two attached hydrogens (primary N) is 1. The minimum atomic E-state index is -0.617. The van der Waals surface area contributed by atoms with Gasteiger partial charge in [-0.1, -0.05) is 0 Å². The third-order valence-corrected chi connectivity index (χ3v) is 1.39. The van der Waals surface area contributed by atoms with Gasteiger partial charge in [0.1, 0.15) is 0 Å². The molecule has 0 radical (unpaired) electrons. The van der Waals surface area contributed by atoms with Gasteiger partial charge in [0, 0.05) is 6.54 Å². The van der Waals surface area contributed by atoms with Crippen LogP contribution in [0.15, 0.2) is 0 Å². The standard InChI is InChI=1S/C9H20N2O3/c1-9(2,3)14-6-7(12)4-11-5-8(10)13/h7,11-12H,4-6H2,1-3H3,(H2,10,13). The fourth-order valence-electron chi connectivity index (χ4n) is 0.767. The fraction of sp³-hybridized carbons (Fsp3) is 0.889. The van der Waals surface area contributed by atoms with E-state index in [0.717, 1.165) is 0 Å². The van der Waals surface area contributed by atoms with Crippen LogP contribution in [0, 0.1) is 0 Å². The summed E-state index contributed by atoms with van der Waals surface area (Å²) in [6.07, 6.45) is -0.617. The van der Waals surface area contributed by atoms with Crippen LogP contribution < -0.4 is 11.1 Å². The molecule has 0 aliphatic heterocycles. The van der Waals surface area contributed by atoms with Gasteiger partial charge in [-0.3, -0.25) is 4.79 Å². The normalized spacial score (nSPS) is 14.0. The molecule has 0 aliphatic carbocycles. The lowest BCUT2D eigenvalue weighted by atomic mass is 10.2. The highest BCUT2D eigenvalue weighted by atomic mass is 16.5. The van der Waals surface area contributed by atoms with Crippen LogP contribution >= 0.6 is 0 Å². The topological polar surface area (TPSA) is 84.6 Å². The lowest BCUT2D eigenvalue weighted by molar-refractivity contribution is -0.117. The number of aliphatic hydroxyl groups is 1. The summed E-state index contributed by atoms with van der Waals surface area (Å²) in [6, 6.07) is 0. The number of aliphatic hydroxyl groups excluding tert-OH is 1. The minimum absolute atomic E-state index is 0.0760. The number of rotatable bonds is 6. The number of amides is 1. The largest absolute Gasteiger partial charge is 0.389 e. The first-order chi connectivity index (χ1) is 6.31. The first-order valence-electron chi connectivity index (χ1n) is 4.62. The molecule has 0 aromatic carbocycles. The van der Waals surface area contributed by atoms with Gasteiger partial charge in [0.15, 0.2) is 0 Å². The van der Waals surface area contributed by atoms with Crippen LogP contribution in [-0.4, -0.2) is 42.4 Å². The van der Waals surface area contributed by atoms with E-state index in [0.29, 0.717) is 6.54 Å². The molecule has 0 heterocycles. The van der Waals surface area contributed by atoms with E-state index in [1.165, 1.54) is 0 Å². The van der Waals surface area contributed by atoms with E-state index in [1.807, 2.05) is 20.8 Å². The fourth-order valence-corrected chi connectivity index (χ4v) is 0.767. The molecule has 0 bridgehead atoms. The van der Waals surface area contributed by atoms with Gasteiger partial charge in [0.05, 0.1) is 24.9 Å². The Bertz CT molecular complexity index is 177. The number of ether oxygens (including phenoxy) is 1. The summed E-state index contributed by atoms with van der Waals surface area (Å²) in [6.45, 7) is 6.37. The molecular formula is C9H20N2O3. The van der Waals surface area contributed by atoms with Crippen molar-refractivity contribution in [1.29, 1.82) is 0 Å². The van der Waals surface area contributed by atoms with Crippen LogP contribution in [0.2, 0.25) is 0 Å². The molecule has 5 nitrogen and oxygen atoms in total. The van der Waals surface area contributed by atoms with Crippen molar-refractivity contribution >= 4 is 5.91 Å². The molecule has 84 valence electrons. The Morgan fingerprint density at radius 1 is 1.57 bits per heavy atom. The molecule has 1 amide bonds. The quantitative estimate of drug-likeness (QED) is 0.531. The minimum Gasteiger partial charge on any atom is -0.389 e. The van der Waals surface area contributed by atoms with E-state index < -0.39 is 12.0 Å². The second kappa shape index (κ2) is 5.95. The summed E-state index contributed by atoms with van der Waals surface area (Å²) in [5.41, 5.74) is 4.65. The molecule has 0 aromatic rings. The van der Waals surface area contributed by atoms with Crippen molar-refractivity contribution in [2.45, 2.75) is 32.5 Å². The van der Waals surface area contributed by atoms with Gasteiger partial charge < -0.3 is 20.9 Å². The van der Waals surface area contributed by atoms with E-state index in [9.17, 15) is 9.90 Å². The van der Waals surface area contributed by atoms with E-state index in [1.54, 1.807) is 0 Å². The molecule has 0 aromatic heterocycles. The van der Waals surface area contributed by atoms with Gasteiger partial charge in [-0.05, 0) is 20.8 Å². The van der Waals surface area contributed by atoms with Crippen molar-refractivity contribution in [3.63, 3.8) is 0 Å². The highest BCUT2D eigenvalue weighted by molar-refractivity contribution is 5.75. The lowest BCUT2D eigenvalue weighted by Gasteiger charge is -2.21. The van der Waals surface area contributed by atoms with Crippen LogP contribution in [0.5, 0.6) is 0 Å². The first kappa shape index (κ1) is 13.4. The van der Waals surface area contributed by atoms with Crippen molar-refractivity contribution in [2.75, 3.05) is 19.7 Å². The van der Waals surface area contributed by atoms with Crippen molar-refractivity contribution < 1.29 is 14.6 Å². The Morgan fingerprint density at radius 3 is 2.57 bits per heavy atom. The van der Waals surface area contributed by atoms with Gasteiger partial charge >= 0.3 is 0 Å². The van der Waals surface area contributed by atoms with Crippen LogP contribution in [0.1, 0.15) is 20.8 Å². The maximum Gasteiger partial charge on any atom is 0.231 e. The molecule has 1 atom stereocenters. The zero-order chi connectivity index (χ0) is 11.2.